The molecule has 0 spiro atoms. The summed E-state index contributed by atoms with van der Waals surface area (Å²) in [5.41, 5.74) is 18.3. The molecule has 0 aliphatic heterocycles. The predicted molar refractivity (Wildman–Crippen MR) is 278 cm³/mol. The van der Waals surface area contributed by atoms with Gasteiger partial charge in [-0.1, -0.05) is 196 Å². The number of nitrogens with zero attached hydrogens (tertiary/aromatic N) is 3. The fourth-order valence-corrected chi connectivity index (χ4v) is 9.07. The van der Waals surface area contributed by atoms with Crippen molar-refractivity contribution in [2.24, 2.45) is 0 Å². The number of benzene rings is 7. The molecule has 0 fully saturated rings. The van der Waals surface area contributed by atoms with E-state index in [4.69, 9.17) is 9.97 Å². The van der Waals surface area contributed by atoms with Crippen molar-refractivity contribution in [2.75, 3.05) is 0 Å². The van der Waals surface area contributed by atoms with Crippen LogP contribution >= 0.6 is 0 Å². The Morgan fingerprint density at radius 2 is 1.16 bits per heavy atom. The van der Waals surface area contributed by atoms with E-state index in [1.807, 2.05) is 12.3 Å². The Hall–Kier alpha value is -6.35. The van der Waals surface area contributed by atoms with Gasteiger partial charge in [0.1, 0.15) is 11.6 Å². The number of pyridine rings is 1. The van der Waals surface area contributed by atoms with Gasteiger partial charge >= 0.3 is 0 Å². The Bertz CT molecular complexity index is 3200. The van der Waals surface area contributed by atoms with Crippen molar-refractivity contribution in [1.82, 2.24) is 14.5 Å². The molecule has 9 aromatic rings. The molecular weight excluding hydrogens is 998 g/mol. The number of hydrogen-bond acceptors (Lipinski definition) is 3. The van der Waals surface area contributed by atoms with Crippen LogP contribution in [0.2, 0.25) is 0 Å². The summed E-state index contributed by atoms with van der Waals surface area (Å²) < 4.78 is 2.26. The van der Waals surface area contributed by atoms with E-state index in [0.29, 0.717) is 5.82 Å². The molecule has 0 aliphatic carbocycles. The van der Waals surface area contributed by atoms with E-state index in [1.165, 1.54) is 33.4 Å². The van der Waals surface area contributed by atoms with Crippen LogP contribution in [0.3, 0.4) is 0 Å². The van der Waals surface area contributed by atoms with E-state index in [0.717, 1.165) is 66.9 Å². The number of imidazole rings is 1. The maximum Gasteiger partial charge on any atom is 0.148 e. The fourth-order valence-electron chi connectivity index (χ4n) is 9.07. The van der Waals surface area contributed by atoms with Crippen molar-refractivity contribution in [2.45, 2.75) is 91.9 Å². The summed E-state index contributed by atoms with van der Waals surface area (Å²) in [5, 5.41) is 12.3. The number of hydrogen-bond donors (Lipinski definition) is 1. The molecule has 0 amide bonds. The average molecular weight is 1060 g/mol. The molecule has 0 radical (unpaired) electrons. The van der Waals surface area contributed by atoms with Crippen LogP contribution in [0.4, 0.5) is 0 Å². The van der Waals surface area contributed by atoms with Crippen molar-refractivity contribution >= 4 is 11.0 Å². The molecule has 0 aliphatic rings. The van der Waals surface area contributed by atoms with E-state index in [1.54, 1.807) is 0 Å². The summed E-state index contributed by atoms with van der Waals surface area (Å²) >= 11 is 0. The van der Waals surface area contributed by atoms with Gasteiger partial charge in [0.2, 0.25) is 0 Å². The molecule has 0 saturated carbocycles. The van der Waals surface area contributed by atoms with Gasteiger partial charge in [-0.2, -0.15) is 0 Å². The molecule has 0 saturated heterocycles. The average Bonchev–Trinajstić information content (AvgIpc) is 3.71. The molecule has 1 N–H and O–H groups in total. The molecule has 7 aromatic carbocycles. The third-order valence-corrected chi connectivity index (χ3v) is 12.9. The van der Waals surface area contributed by atoms with Gasteiger partial charge in [-0.25, -0.2) is 4.98 Å². The molecule has 4 nitrogen and oxygen atoms in total. The predicted octanol–water partition coefficient (Wildman–Crippen LogP) is 16.8. The summed E-state index contributed by atoms with van der Waals surface area (Å²) in [6.45, 7) is 22.3. The second-order valence-corrected chi connectivity index (χ2v) is 20.4. The number of aromatic nitrogens is 3. The van der Waals surface area contributed by atoms with Crippen molar-refractivity contribution in [1.29, 1.82) is 0 Å². The molecule has 5 heteroatoms. The van der Waals surface area contributed by atoms with Gasteiger partial charge in [0.05, 0.1) is 16.6 Å². The van der Waals surface area contributed by atoms with E-state index >= 15 is 0 Å². The fraction of sp³-hybridized carbons (Fsp3) is 0.226. The standard InChI is InChI=1S/C62H60N3O.Pt/c1-39(2)46-35-53(40(3)4)59(66)54(36-46)60-64-58-52(22-17-23-57(58)65(60)50-28-29-51(44-20-15-12-16-21-44)55(38-50)62(8,9)10)47-32-48(34-49(33-47)61(5,6)7)56-37-45(30-31-63-56)43-26-24-42(25-27-43)41-18-13-11-14-19-41;/h11-31,33-40,66H,1-10H3;/q-1;. The SMILES string of the molecule is CC(C)c1cc(-c2nc3c(-c4[c-]c(-c5cc(-c6ccc(-c7ccccc7)cc6)ccn5)cc(C(C)(C)C)c4)cccc3n2-c2ccc(-c3ccccc3)c(C(C)(C)C)c2)c(O)c(C(C)C)c1.[Pt]. The van der Waals surface area contributed by atoms with Crippen LogP contribution in [0.15, 0.2) is 164 Å². The first kappa shape index (κ1) is 47.2. The number of phenols is 1. The largest absolute Gasteiger partial charge is 0.507 e. The quantitative estimate of drug-likeness (QED) is 0.147. The van der Waals surface area contributed by atoms with Crippen molar-refractivity contribution < 1.29 is 26.2 Å². The number of para-hydroxylation sites is 1. The smallest absolute Gasteiger partial charge is 0.148 e. The van der Waals surface area contributed by atoms with Gasteiger partial charge in [-0.05, 0) is 103 Å². The first-order valence-electron chi connectivity index (χ1n) is 23.3. The molecule has 0 atom stereocenters. The molecule has 9 rings (SSSR count). The van der Waals surface area contributed by atoms with Crippen molar-refractivity contribution in [3.8, 4) is 78.6 Å². The Morgan fingerprint density at radius 1 is 0.537 bits per heavy atom. The first-order valence-corrected chi connectivity index (χ1v) is 23.3. The van der Waals surface area contributed by atoms with Gasteiger partial charge in [0.15, 0.2) is 0 Å². The van der Waals surface area contributed by atoms with E-state index < -0.39 is 0 Å². The maximum absolute atomic E-state index is 12.3. The molecule has 0 bridgehead atoms. The molecule has 67 heavy (non-hydrogen) atoms. The van der Waals surface area contributed by atoms with Crippen molar-refractivity contribution in [3.05, 3.63) is 192 Å². The summed E-state index contributed by atoms with van der Waals surface area (Å²) in [7, 11) is 0. The second kappa shape index (κ2) is 18.7. The number of phenolic OH excluding ortho intramolecular Hbond substituents is 1. The van der Waals surface area contributed by atoms with Gasteiger partial charge < -0.3 is 5.11 Å². The Morgan fingerprint density at radius 3 is 1.79 bits per heavy atom. The van der Waals surface area contributed by atoms with Crippen LogP contribution in [0, 0.1) is 6.07 Å². The third-order valence-electron chi connectivity index (χ3n) is 12.9. The number of fused-ring (bicyclic) bond motifs is 1. The van der Waals surface area contributed by atoms with Gasteiger partial charge in [0.25, 0.3) is 0 Å². The minimum absolute atomic E-state index is 0. The molecule has 0 unspecified atom stereocenters. The third kappa shape index (κ3) is 9.47. The van der Waals surface area contributed by atoms with Crippen LogP contribution in [0.1, 0.15) is 103 Å². The van der Waals surface area contributed by atoms with Crippen LogP contribution in [0.5, 0.6) is 5.75 Å². The zero-order valence-electron chi connectivity index (χ0n) is 40.3. The summed E-state index contributed by atoms with van der Waals surface area (Å²) in [6.07, 6.45) is 1.90. The second-order valence-electron chi connectivity index (χ2n) is 20.4. The van der Waals surface area contributed by atoms with Gasteiger partial charge in [0, 0.05) is 38.6 Å². The Balaban J connectivity index is 0.00000608. The van der Waals surface area contributed by atoms with Gasteiger partial charge in [-0.3, -0.25) is 9.55 Å². The molecule has 2 aromatic heterocycles. The van der Waals surface area contributed by atoms with Crippen LogP contribution in [-0.2, 0) is 31.9 Å². The number of rotatable bonds is 9. The zero-order chi connectivity index (χ0) is 46.5. The van der Waals surface area contributed by atoms with Crippen LogP contribution in [0.25, 0.3) is 83.9 Å². The maximum atomic E-state index is 12.3. The Kier molecular flexibility index (Phi) is 13.2. The first-order chi connectivity index (χ1) is 31.5. The summed E-state index contributed by atoms with van der Waals surface area (Å²) in [4.78, 5) is 10.6. The Labute approximate surface area is 412 Å². The molecule has 340 valence electrons. The normalized spacial score (nSPS) is 11.9. The number of aromatic hydroxyl groups is 1. The van der Waals surface area contributed by atoms with E-state index in [9.17, 15) is 5.11 Å². The van der Waals surface area contributed by atoms with E-state index in [-0.39, 0.29) is 49.5 Å². The van der Waals surface area contributed by atoms with Gasteiger partial charge in [-0.15, -0.1) is 29.3 Å². The van der Waals surface area contributed by atoms with Crippen LogP contribution in [-0.4, -0.2) is 19.6 Å². The van der Waals surface area contributed by atoms with E-state index in [2.05, 4.69) is 232 Å². The topological polar surface area (TPSA) is 50.9 Å². The monoisotopic (exact) mass is 1060 g/mol. The van der Waals surface area contributed by atoms with Crippen molar-refractivity contribution in [3.63, 3.8) is 0 Å². The molecule has 2 heterocycles. The minimum atomic E-state index is -0.165. The molecular formula is C62H60N3OPt-. The van der Waals surface area contributed by atoms with Crippen LogP contribution < -0.4 is 0 Å². The zero-order valence-corrected chi connectivity index (χ0v) is 42.6. The summed E-state index contributed by atoms with van der Waals surface area (Å²) in [5.74, 6) is 1.34. The minimum Gasteiger partial charge on any atom is -0.507 e. The summed E-state index contributed by atoms with van der Waals surface area (Å²) in [6, 6.07) is 60.0.